The highest BCUT2D eigenvalue weighted by Crippen LogP contribution is 2.59. The van der Waals surface area contributed by atoms with Gasteiger partial charge in [-0.3, -0.25) is 0 Å². The number of thioether (sulfide) groups is 1. The summed E-state index contributed by atoms with van der Waals surface area (Å²) in [5.74, 6) is -0.441. The lowest BCUT2D eigenvalue weighted by atomic mass is 9.90. The van der Waals surface area contributed by atoms with Crippen molar-refractivity contribution in [2.45, 2.75) is 25.7 Å². The van der Waals surface area contributed by atoms with Crippen LogP contribution in [0.2, 0.25) is 0 Å². The Hall–Kier alpha value is -4.29. The molecule has 2 heterocycles. The van der Waals surface area contributed by atoms with Crippen LogP contribution < -0.4 is 9.80 Å². The SMILES string of the molecule is COC(=O)/C=C1\SC(=Nc2ccccc2)C2(C1C)N(Cc1ccccc1)c1ccccc1N2Cc1ccccc1. The summed E-state index contributed by atoms with van der Waals surface area (Å²) < 4.78 is 5.08. The number of ether oxygens (including phenoxy) is 1. The molecule has 4 aromatic rings. The predicted octanol–water partition coefficient (Wildman–Crippen LogP) is 7.58. The van der Waals surface area contributed by atoms with Gasteiger partial charge in [0.05, 0.1) is 24.2 Å². The summed E-state index contributed by atoms with van der Waals surface area (Å²) in [7, 11) is 1.42. The number of aliphatic imine (C=N–C) groups is 1. The first kappa shape index (κ1) is 26.0. The molecular weight excluding hydrogens is 514 g/mol. The summed E-state index contributed by atoms with van der Waals surface area (Å²) >= 11 is 1.58. The molecule has 0 amide bonds. The van der Waals surface area contributed by atoms with Crippen molar-refractivity contribution in [1.29, 1.82) is 0 Å². The second-order valence-corrected chi connectivity index (χ2v) is 11.1. The average molecular weight is 546 g/mol. The van der Waals surface area contributed by atoms with Crippen LogP contribution in [0.3, 0.4) is 0 Å². The molecule has 4 aromatic carbocycles. The van der Waals surface area contributed by atoms with Gasteiger partial charge in [-0.2, -0.15) is 0 Å². The summed E-state index contributed by atoms with van der Waals surface area (Å²) in [5.41, 5.74) is 4.92. The van der Waals surface area contributed by atoms with E-state index in [1.54, 1.807) is 17.8 Å². The number of nitrogens with zero attached hydrogens (tertiary/aromatic N) is 3. The molecule has 0 radical (unpaired) electrons. The third-order valence-electron chi connectivity index (χ3n) is 7.66. The van der Waals surface area contributed by atoms with Gasteiger partial charge in [-0.15, -0.1) is 0 Å². The summed E-state index contributed by atoms with van der Waals surface area (Å²) in [6, 6.07) is 39.8. The Morgan fingerprint density at radius 1 is 0.800 bits per heavy atom. The van der Waals surface area contributed by atoms with Gasteiger partial charge in [-0.25, -0.2) is 9.79 Å². The second-order valence-electron chi connectivity index (χ2n) is 10.0. The van der Waals surface area contributed by atoms with Crippen LogP contribution in [0.1, 0.15) is 18.1 Å². The van der Waals surface area contributed by atoms with Crippen molar-refractivity contribution in [1.82, 2.24) is 0 Å². The molecule has 1 fully saturated rings. The lowest BCUT2D eigenvalue weighted by Gasteiger charge is -2.46. The number of anilines is 2. The highest BCUT2D eigenvalue weighted by molar-refractivity contribution is 8.18. The van der Waals surface area contributed by atoms with E-state index in [0.29, 0.717) is 13.1 Å². The average Bonchev–Trinajstić information content (AvgIpc) is 3.42. The van der Waals surface area contributed by atoms with Crippen LogP contribution in [0.4, 0.5) is 17.1 Å². The smallest absolute Gasteiger partial charge is 0.331 e. The fourth-order valence-corrected chi connectivity index (χ4v) is 7.21. The molecule has 5 nitrogen and oxygen atoms in total. The van der Waals surface area contributed by atoms with E-state index in [4.69, 9.17) is 9.73 Å². The Labute approximate surface area is 239 Å². The number of hydrogen-bond acceptors (Lipinski definition) is 6. The maximum Gasteiger partial charge on any atom is 0.331 e. The van der Waals surface area contributed by atoms with Crippen molar-refractivity contribution in [2.75, 3.05) is 16.9 Å². The van der Waals surface area contributed by atoms with Crippen molar-refractivity contribution in [2.24, 2.45) is 10.9 Å². The van der Waals surface area contributed by atoms with Gasteiger partial charge in [0.25, 0.3) is 0 Å². The first-order valence-corrected chi connectivity index (χ1v) is 14.3. The quantitative estimate of drug-likeness (QED) is 0.185. The highest BCUT2D eigenvalue weighted by Gasteiger charge is 2.61. The number of fused-ring (bicyclic) bond motifs is 1. The first-order chi connectivity index (χ1) is 19.6. The Morgan fingerprint density at radius 3 is 1.77 bits per heavy atom. The van der Waals surface area contributed by atoms with Crippen LogP contribution in [0.5, 0.6) is 0 Å². The first-order valence-electron chi connectivity index (χ1n) is 13.4. The molecule has 0 N–H and O–H groups in total. The molecule has 6 heteroatoms. The minimum atomic E-state index is -0.671. The third-order valence-corrected chi connectivity index (χ3v) is 8.95. The molecule has 2 aliphatic rings. The lowest BCUT2D eigenvalue weighted by molar-refractivity contribution is -0.134. The second kappa shape index (κ2) is 11.1. The predicted molar refractivity (Wildman–Crippen MR) is 165 cm³/mol. The minimum Gasteiger partial charge on any atom is -0.466 e. The number of benzene rings is 4. The van der Waals surface area contributed by atoms with Gasteiger partial charge < -0.3 is 14.5 Å². The van der Waals surface area contributed by atoms with Crippen LogP contribution in [-0.2, 0) is 22.6 Å². The number of rotatable bonds is 6. The van der Waals surface area contributed by atoms with E-state index in [2.05, 4.69) is 89.5 Å². The normalized spacial score (nSPS) is 19.4. The molecule has 1 saturated heterocycles. The Balaban J connectivity index is 1.61. The van der Waals surface area contributed by atoms with Gasteiger partial charge in [0.1, 0.15) is 5.04 Å². The van der Waals surface area contributed by atoms with Gasteiger partial charge in [0.2, 0.25) is 0 Å². The number of methoxy groups -OCH3 is 1. The monoisotopic (exact) mass is 545 g/mol. The van der Waals surface area contributed by atoms with E-state index >= 15 is 0 Å². The number of carbonyl (C=O) groups is 1. The van der Waals surface area contributed by atoms with Crippen molar-refractivity contribution in [3.63, 3.8) is 0 Å². The molecule has 0 aromatic heterocycles. The Morgan fingerprint density at radius 2 is 1.27 bits per heavy atom. The fraction of sp³-hybridized carbons (Fsp3) is 0.176. The molecule has 40 heavy (non-hydrogen) atoms. The van der Waals surface area contributed by atoms with Gasteiger partial charge in [0.15, 0.2) is 5.66 Å². The zero-order valence-electron chi connectivity index (χ0n) is 22.6. The number of para-hydroxylation sites is 3. The van der Waals surface area contributed by atoms with E-state index in [9.17, 15) is 4.79 Å². The topological polar surface area (TPSA) is 45.1 Å². The molecular formula is C34H31N3O2S. The summed E-state index contributed by atoms with van der Waals surface area (Å²) in [4.78, 5) is 23.8. The van der Waals surface area contributed by atoms with Crippen molar-refractivity contribution < 1.29 is 9.53 Å². The van der Waals surface area contributed by atoms with E-state index in [1.165, 1.54) is 18.2 Å². The van der Waals surface area contributed by atoms with E-state index in [1.807, 2.05) is 42.5 Å². The van der Waals surface area contributed by atoms with Gasteiger partial charge >= 0.3 is 5.97 Å². The number of hydrogen-bond donors (Lipinski definition) is 0. The number of carbonyl (C=O) groups excluding carboxylic acids is 1. The summed E-state index contributed by atoms with van der Waals surface area (Å²) in [6.07, 6.45) is 1.63. The minimum absolute atomic E-state index is 0.0844. The van der Waals surface area contributed by atoms with Crippen LogP contribution in [0, 0.1) is 5.92 Å². The standard InChI is InChI=1S/C34H31N3O2S/c1-25-31(22-32(38)39-2)40-33(35-28-18-10-5-11-19-28)34(25)36(23-26-14-6-3-7-15-26)29-20-12-13-21-30(29)37(34)24-27-16-8-4-9-17-27/h3-22,25H,23-24H2,1-2H3/b31-22-,35-33?. The molecule has 2 aliphatic heterocycles. The molecule has 1 unspecified atom stereocenters. The fourth-order valence-electron chi connectivity index (χ4n) is 5.79. The van der Waals surface area contributed by atoms with E-state index in [0.717, 1.165) is 27.0 Å². The van der Waals surface area contributed by atoms with E-state index < -0.39 is 5.66 Å². The molecule has 6 rings (SSSR count). The molecule has 0 saturated carbocycles. The molecule has 1 atom stereocenters. The highest BCUT2D eigenvalue weighted by atomic mass is 32.2. The van der Waals surface area contributed by atoms with Crippen LogP contribution in [0.15, 0.2) is 131 Å². The maximum atomic E-state index is 12.6. The maximum absolute atomic E-state index is 12.6. The van der Waals surface area contributed by atoms with Gasteiger partial charge in [-0.1, -0.05) is 110 Å². The van der Waals surface area contributed by atoms with Crippen LogP contribution >= 0.6 is 11.8 Å². The molecule has 0 aliphatic carbocycles. The molecule has 1 spiro atoms. The summed E-state index contributed by atoms with van der Waals surface area (Å²) in [5, 5.41) is 0.935. The molecule has 200 valence electrons. The van der Waals surface area contributed by atoms with Crippen molar-refractivity contribution in [3.8, 4) is 0 Å². The zero-order valence-corrected chi connectivity index (χ0v) is 23.4. The van der Waals surface area contributed by atoms with Crippen LogP contribution in [-0.4, -0.2) is 23.8 Å². The zero-order chi connectivity index (χ0) is 27.5. The van der Waals surface area contributed by atoms with Crippen LogP contribution in [0.25, 0.3) is 0 Å². The van der Waals surface area contributed by atoms with Crippen molar-refractivity contribution >= 4 is 39.8 Å². The Kier molecular flexibility index (Phi) is 7.18. The third kappa shape index (κ3) is 4.58. The lowest BCUT2D eigenvalue weighted by Crippen LogP contribution is -2.63. The molecule has 0 bridgehead atoms. The largest absolute Gasteiger partial charge is 0.466 e. The van der Waals surface area contributed by atoms with Gasteiger partial charge in [-0.05, 0) is 35.4 Å². The summed E-state index contributed by atoms with van der Waals surface area (Å²) in [6.45, 7) is 3.58. The van der Waals surface area contributed by atoms with Crippen molar-refractivity contribution in [3.05, 3.63) is 137 Å². The van der Waals surface area contributed by atoms with E-state index in [-0.39, 0.29) is 11.9 Å². The number of esters is 1. The van der Waals surface area contributed by atoms with Gasteiger partial charge in [0, 0.05) is 30.0 Å². The Bertz CT molecular complexity index is 1490.